The molecule has 1 aliphatic heterocycles. The highest BCUT2D eigenvalue weighted by Crippen LogP contribution is 2.24. The summed E-state index contributed by atoms with van der Waals surface area (Å²) >= 11 is 0. The van der Waals surface area contributed by atoms with Crippen molar-refractivity contribution in [3.8, 4) is 0 Å². The Bertz CT molecular complexity index is 395. The summed E-state index contributed by atoms with van der Waals surface area (Å²) in [6.07, 6.45) is 3.53. The monoisotopic (exact) mass is 221 g/mol. The minimum Gasteiger partial charge on any atom is -0.467 e. The molecule has 1 aromatic rings. The van der Waals surface area contributed by atoms with Crippen LogP contribution >= 0.6 is 0 Å². The van der Waals surface area contributed by atoms with Crippen LogP contribution < -0.4 is 4.90 Å². The maximum Gasteiger partial charge on any atom is 0.328 e. The van der Waals surface area contributed by atoms with Gasteiger partial charge in [-0.3, -0.25) is 0 Å². The van der Waals surface area contributed by atoms with Crippen molar-refractivity contribution in [1.82, 2.24) is 9.97 Å². The van der Waals surface area contributed by atoms with E-state index in [2.05, 4.69) is 9.97 Å². The SMILES string of the molecule is COC(=O)C1CCCN1c1ccnc(C)n1. The highest BCUT2D eigenvalue weighted by Gasteiger charge is 2.32. The minimum atomic E-state index is -0.195. The molecule has 1 saturated heterocycles. The van der Waals surface area contributed by atoms with Crippen molar-refractivity contribution in [2.45, 2.75) is 25.8 Å². The normalized spacial score (nSPS) is 19.9. The molecule has 0 N–H and O–H groups in total. The zero-order chi connectivity index (χ0) is 11.5. The van der Waals surface area contributed by atoms with Crippen molar-refractivity contribution in [1.29, 1.82) is 0 Å². The Kier molecular flexibility index (Phi) is 3.03. The molecule has 0 saturated carbocycles. The lowest BCUT2D eigenvalue weighted by molar-refractivity contribution is -0.141. The van der Waals surface area contributed by atoms with Gasteiger partial charge in [0.2, 0.25) is 0 Å². The first-order valence-corrected chi connectivity index (χ1v) is 5.36. The Balaban J connectivity index is 2.23. The lowest BCUT2D eigenvalue weighted by Crippen LogP contribution is -2.37. The number of carbonyl (C=O) groups is 1. The maximum atomic E-state index is 11.6. The van der Waals surface area contributed by atoms with Gasteiger partial charge in [-0.2, -0.15) is 0 Å². The first-order valence-electron chi connectivity index (χ1n) is 5.36. The Morgan fingerprint density at radius 1 is 1.62 bits per heavy atom. The predicted octanol–water partition coefficient (Wildman–Crippen LogP) is 0.927. The Morgan fingerprint density at radius 3 is 3.12 bits per heavy atom. The second kappa shape index (κ2) is 4.47. The largest absolute Gasteiger partial charge is 0.467 e. The molecule has 2 heterocycles. The van der Waals surface area contributed by atoms with Crippen LogP contribution in [0.15, 0.2) is 12.3 Å². The van der Waals surface area contributed by atoms with Crippen molar-refractivity contribution in [2.24, 2.45) is 0 Å². The number of methoxy groups -OCH3 is 1. The van der Waals surface area contributed by atoms with Gasteiger partial charge < -0.3 is 9.64 Å². The fourth-order valence-electron chi connectivity index (χ4n) is 2.03. The first-order chi connectivity index (χ1) is 7.72. The van der Waals surface area contributed by atoms with Gasteiger partial charge in [-0.25, -0.2) is 14.8 Å². The second-order valence-electron chi connectivity index (χ2n) is 3.84. The molecule has 1 unspecified atom stereocenters. The fourth-order valence-corrected chi connectivity index (χ4v) is 2.03. The summed E-state index contributed by atoms with van der Waals surface area (Å²) in [5.41, 5.74) is 0. The highest BCUT2D eigenvalue weighted by atomic mass is 16.5. The van der Waals surface area contributed by atoms with Gasteiger partial charge in [0, 0.05) is 12.7 Å². The molecule has 86 valence electrons. The first kappa shape index (κ1) is 10.9. The number of aryl methyl sites for hydroxylation is 1. The van der Waals surface area contributed by atoms with Gasteiger partial charge in [-0.1, -0.05) is 0 Å². The van der Waals surface area contributed by atoms with E-state index in [0.717, 1.165) is 25.2 Å². The topological polar surface area (TPSA) is 55.3 Å². The van der Waals surface area contributed by atoms with Crippen molar-refractivity contribution in [3.05, 3.63) is 18.1 Å². The van der Waals surface area contributed by atoms with E-state index in [1.165, 1.54) is 7.11 Å². The molecule has 0 amide bonds. The molecule has 5 heteroatoms. The predicted molar refractivity (Wildman–Crippen MR) is 59.2 cm³/mol. The highest BCUT2D eigenvalue weighted by molar-refractivity contribution is 5.80. The van der Waals surface area contributed by atoms with E-state index in [9.17, 15) is 4.79 Å². The summed E-state index contributed by atoms with van der Waals surface area (Å²) in [7, 11) is 1.42. The maximum absolute atomic E-state index is 11.6. The molecule has 2 rings (SSSR count). The zero-order valence-electron chi connectivity index (χ0n) is 9.51. The third kappa shape index (κ3) is 1.98. The molecule has 0 aromatic carbocycles. The van der Waals surface area contributed by atoms with E-state index < -0.39 is 0 Å². The zero-order valence-corrected chi connectivity index (χ0v) is 9.51. The molecule has 0 radical (unpaired) electrons. The Morgan fingerprint density at radius 2 is 2.44 bits per heavy atom. The molecule has 0 spiro atoms. The average Bonchev–Trinajstić information content (AvgIpc) is 2.77. The summed E-state index contributed by atoms with van der Waals surface area (Å²) < 4.78 is 4.79. The number of hydrogen-bond acceptors (Lipinski definition) is 5. The number of aromatic nitrogens is 2. The van der Waals surface area contributed by atoms with Crippen LogP contribution in [0.4, 0.5) is 5.82 Å². The van der Waals surface area contributed by atoms with Crippen LogP contribution in [0.5, 0.6) is 0 Å². The number of ether oxygens (including phenoxy) is 1. The van der Waals surface area contributed by atoms with Crippen molar-refractivity contribution in [3.63, 3.8) is 0 Å². The van der Waals surface area contributed by atoms with E-state index >= 15 is 0 Å². The summed E-state index contributed by atoms with van der Waals surface area (Å²) in [5, 5.41) is 0. The number of rotatable bonds is 2. The quantitative estimate of drug-likeness (QED) is 0.695. The van der Waals surface area contributed by atoms with Crippen LogP contribution in [0.25, 0.3) is 0 Å². The molecular formula is C11H15N3O2. The van der Waals surface area contributed by atoms with Gasteiger partial charge >= 0.3 is 5.97 Å². The van der Waals surface area contributed by atoms with Gasteiger partial charge in [0.1, 0.15) is 17.7 Å². The standard InChI is InChI=1S/C11H15N3O2/c1-8-12-6-5-10(13-8)14-7-3-4-9(14)11(15)16-2/h5-6,9H,3-4,7H2,1-2H3. The third-order valence-corrected chi connectivity index (χ3v) is 2.78. The number of hydrogen-bond donors (Lipinski definition) is 0. The summed E-state index contributed by atoms with van der Waals surface area (Å²) in [4.78, 5) is 21.9. The van der Waals surface area contributed by atoms with Gasteiger partial charge in [0.05, 0.1) is 7.11 Å². The molecule has 16 heavy (non-hydrogen) atoms. The number of carbonyl (C=O) groups excluding carboxylic acids is 1. The summed E-state index contributed by atoms with van der Waals surface area (Å²) in [5.74, 6) is 1.34. The van der Waals surface area contributed by atoms with Gasteiger partial charge in [-0.15, -0.1) is 0 Å². The Labute approximate surface area is 94.5 Å². The minimum absolute atomic E-state index is 0.186. The van der Waals surface area contributed by atoms with E-state index in [1.54, 1.807) is 6.20 Å². The van der Waals surface area contributed by atoms with E-state index in [-0.39, 0.29) is 12.0 Å². The molecular weight excluding hydrogens is 206 g/mol. The lowest BCUT2D eigenvalue weighted by Gasteiger charge is -2.23. The fraction of sp³-hybridized carbons (Fsp3) is 0.545. The van der Waals surface area contributed by atoms with E-state index in [4.69, 9.17) is 4.74 Å². The van der Waals surface area contributed by atoms with E-state index in [1.807, 2.05) is 17.9 Å². The van der Waals surface area contributed by atoms with Crippen molar-refractivity contribution >= 4 is 11.8 Å². The Hall–Kier alpha value is -1.65. The molecule has 1 atom stereocenters. The molecule has 1 aromatic heterocycles. The van der Waals surface area contributed by atoms with Crippen LogP contribution in [-0.4, -0.2) is 35.6 Å². The van der Waals surface area contributed by atoms with E-state index in [0.29, 0.717) is 5.82 Å². The molecule has 5 nitrogen and oxygen atoms in total. The molecule has 0 aliphatic carbocycles. The number of esters is 1. The van der Waals surface area contributed by atoms with Gasteiger partial charge in [0.15, 0.2) is 0 Å². The van der Waals surface area contributed by atoms with Gasteiger partial charge in [0.25, 0.3) is 0 Å². The molecule has 1 fully saturated rings. The average molecular weight is 221 g/mol. The van der Waals surface area contributed by atoms with Crippen LogP contribution in [0.1, 0.15) is 18.7 Å². The van der Waals surface area contributed by atoms with Crippen LogP contribution in [0.3, 0.4) is 0 Å². The smallest absolute Gasteiger partial charge is 0.328 e. The molecule has 1 aliphatic rings. The number of nitrogens with zero attached hydrogens (tertiary/aromatic N) is 3. The van der Waals surface area contributed by atoms with Crippen molar-refractivity contribution < 1.29 is 9.53 Å². The van der Waals surface area contributed by atoms with Gasteiger partial charge in [-0.05, 0) is 25.8 Å². The third-order valence-electron chi connectivity index (χ3n) is 2.78. The van der Waals surface area contributed by atoms with Crippen LogP contribution in [0, 0.1) is 6.92 Å². The summed E-state index contributed by atoms with van der Waals surface area (Å²) in [6.45, 7) is 2.68. The van der Waals surface area contributed by atoms with Crippen LogP contribution in [-0.2, 0) is 9.53 Å². The van der Waals surface area contributed by atoms with Crippen molar-refractivity contribution in [2.75, 3.05) is 18.6 Å². The second-order valence-corrected chi connectivity index (χ2v) is 3.84. The summed E-state index contributed by atoms with van der Waals surface area (Å²) in [6, 6.07) is 1.63. The lowest BCUT2D eigenvalue weighted by atomic mass is 10.2. The number of anilines is 1. The molecule has 0 bridgehead atoms. The van der Waals surface area contributed by atoms with Crippen LogP contribution in [0.2, 0.25) is 0 Å².